The Morgan fingerprint density at radius 1 is 1.20 bits per heavy atom. The number of benzene rings is 2. The van der Waals surface area contributed by atoms with Gasteiger partial charge in [0.15, 0.2) is 0 Å². The van der Waals surface area contributed by atoms with Gasteiger partial charge in [-0.1, -0.05) is 41.5 Å². The largest absolute Gasteiger partial charge is 0.390 e. The second-order valence-electron chi connectivity index (χ2n) is 4.77. The average Bonchev–Trinajstić information content (AvgIpc) is 2.46. The van der Waals surface area contributed by atoms with E-state index in [4.69, 9.17) is 5.53 Å². The van der Waals surface area contributed by atoms with E-state index < -0.39 is 12.2 Å². The Hall–Kier alpha value is -2.07. The van der Waals surface area contributed by atoms with E-state index in [1.165, 1.54) is 0 Å². The van der Waals surface area contributed by atoms with Gasteiger partial charge in [0.25, 0.3) is 0 Å². The van der Waals surface area contributed by atoms with Crippen LogP contribution in [-0.4, -0.2) is 22.9 Å². The van der Waals surface area contributed by atoms with E-state index in [1.807, 2.05) is 43.3 Å². The Bertz CT molecular complexity index is 651. The molecule has 0 saturated carbocycles. The zero-order valence-corrected chi connectivity index (χ0v) is 11.3. The van der Waals surface area contributed by atoms with Crippen LogP contribution in [0.25, 0.3) is 21.2 Å². The van der Waals surface area contributed by atoms with E-state index >= 15 is 0 Å². The van der Waals surface area contributed by atoms with E-state index in [1.54, 1.807) is 0 Å². The summed E-state index contributed by atoms with van der Waals surface area (Å²) in [5, 5.41) is 25.8. The second kappa shape index (κ2) is 6.39. The third-order valence-electron chi connectivity index (χ3n) is 3.44. The molecule has 2 unspecified atom stereocenters. The molecule has 2 aromatic carbocycles. The van der Waals surface area contributed by atoms with Crippen molar-refractivity contribution >= 4 is 10.8 Å². The molecular formula is C15H17N3O2. The standard InChI is InChI=1S/C15H17N3O2/c1-10-6-7-11-4-2-3-5-12(11)14(10)15(20)13(19)8-9-17-18-16/h2-7,13,15,19-20H,8-9H2,1H3. The van der Waals surface area contributed by atoms with Gasteiger partial charge in [-0.05, 0) is 40.8 Å². The van der Waals surface area contributed by atoms with Crippen LogP contribution in [0.2, 0.25) is 0 Å². The van der Waals surface area contributed by atoms with Crippen LogP contribution in [0.15, 0.2) is 41.5 Å². The van der Waals surface area contributed by atoms with Crippen LogP contribution < -0.4 is 0 Å². The Balaban J connectivity index is 2.35. The Labute approximate surface area is 117 Å². The molecule has 0 aliphatic rings. The maximum Gasteiger partial charge on any atom is 0.106 e. The van der Waals surface area contributed by atoms with Crippen LogP contribution in [0.3, 0.4) is 0 Å². The number of rotatable bonds is 5. The van der Waals surface area contributed by atoms with Crippen molar-refractivity contribution in [3.63, 3.8) is 0 Å². The molecule has 0 saturated heterocycles. The molecular weight excluding hydrogens is 254 g/mol. The minimum atomic E-state index is -0.991. The zero-order chi connectivity index (χ0) is 14.5. The zero-order valence-electron chi connectivity index (χ0n) is 11.3. The number of hydrogen-bond acceptors (Lipinski definition) is 3. The number of hydrogen-bond donors (Lipinski definition) is 2. The molecule has 0 amide bonds. The molecule has 2 N–H and O–H groups in total. The van der Waals surface area contributed by atoms with E-state index in [-0.39, 0.29) is 13.0 Å². The molecule has 0 aliphatic carbocycles. The SMILES string of the molecule is Cc1ccc2ccccc2c1C(O)C(O)CCN=[N+]=[N-]. The number of aliphatic hydroxyl groups excluding tert-OH is 2. The monoisotopic (exact) mass is 271 g/mol. The third kappa shape index (κ3) is 2.91. The summed E-state index contributed by atoms with van der Waals surface area (Å²) in [5.41, 5.74) is 9.90. The lowest BCUT2D eigenvalue weighted by Crippen LogP contribution is -2.20. The van der Waals surface area contributed by atoms with Crippen molar-refractivity contribution in [2.24, 2.45) is 5.11 Å². The Morgan fingerprint density at radius 3 is 2.70 bits per heavy atom. The van der Waals surface area contributed by atoms with Crippen LogP contribution in [0, 0.1) is 6.92 Å². The van der Waals surface area contributed by atoms with Crippen LogP contribution in [0.5, 0.6) is 0 Å². The van der Waals surface area contributed by atoms with Crippen LogP contribution in [0.1, 0.15) is 23.7 Å². The molecule has 2 rings (SSSR count). The minimum absolute atomic E-state index is 0.165. The van der Waals surface area contributed by atoms with Crippen molar-refractivity contribution in [1.29, 1.82) is 0 Å². The van der Waals surface area contributed by atoms with Crippen molar-refractivity contribution in [2.45, 2.75) is 25.6 Å². The molecule has 0 heterocycles. The number of nitrogens with zero attached hydrogens (tertiary/aromatic N) is 3. The summed E-state index contributed by atoms with van der Waals surface area (Å²) >= 11 is 0. The number of aliphatic hydroxyl groups is 2. The Kier molecular flexibility index (Phi) is 4.58. The summed E-state index contributed by atoms with van der Waals surface area (Å²) in [4.78, 5) is 2.64. The summed E-state index contributed by atoms with van der Waals surface area (Å²) in [6.07, 6.45) is -1.71. The van der Waals surface area contributed by atoms with Crippen molar-refractivity contribution in [3.8, 4) is 0 Å². The van der Waals surface area contributed by atoms with Gasteiger partial charge >= 0.3 is 0 Å². The third-order valence-corrected chi connectivity index (χ3v) is 3.44. The van der Waals surface area contributed by atoms with Crippen LogP contribution in [0.4, 0.5) is 0 Å². The maximum absolute atomic E-state index is 10.4. The van der Waals surface area contributed by atoms with Gasteiger partial charge in [-0.2, -0.15) is 0 Å². The first kappa shape index (κ1) is 14.3. The molecule has 0 aliphatic heterocycles. The lowest BCUT2D eigenvalue weighted by atomic mass is 9.92. The lowest BCUT2D eigenvalue weighted by Gasteiger charge is -2.21. The van der Waals surface area contributed by atoms with Gasteiger partial charge < -0.3 is 10.2 Å². The molecule has 0 aromatic heterocycles. The highest BCUT2D eigenvalue weighted by atomic mass is 16.3. The smallest absolute Gasteiger partial charge is 0.106 e. The first-order valence-corrected chi connectivity index (χ1v) is 6.50. The highest BCUT2D eigenvalue weighted by molar-refractivity contribution is 5.87. The summed E-state index contributed by atoms with van der Waals surface area (Å²) in [6, 6.07) is 11.7. The van der Waals surface area contributed by atoms with Gasteiger partial charge in [-0.25, -0.2) is 0 Å². The van der Waals surface area contributed by atoms with Crippen molar-refractivity contribution in [3.05, 3.63) is 58.0 Å². The van der Waals surface area contributed by atoms with Gasteiger partial charge in [0.05, 0.1) is 6.10 Å². The molecule has 0 spiro atoms. The molecule has 5 nitrogen and oxygen atoms in total. The average molecular weight is 271 g/mol. The van der Waals surface area contributed by atoms with E-state index in [2.05, 4.69) is 10.0 Å². The summed E-state index contributed by atoms with van der Waals surface area (Å²) in [5.74, 6) is 0. The fraction of sp³-hybridized carbons (Fsp3) is 0.333. The highest BCUT2D eigenvalue weighted by Crippen LogP contribution is 2.30. The van der Waals surface area contributed by atoms with Crippen molar-refractivity contribution < 1.29 is 10.2 Å². The van der Waals surface area contributed by atoms with Gasteiger partial charge in [-0.3, -0.25) is 0 Å². The summed E-state index contributed by atoms with van der Waals surface area (Å²) in [6.45, 7) is 2.07. The van der Waals surface area contributed by atoms with Crippen LogP contribution >= 0.6 is 0 Å². The molecule has 2 atom stereocenters. The van der Waals surface area contributed by atoms with Crippen LogP contribution in [-0.2, 0) is 0 Å². The molecule has 0 radical (unpaired) electrons. The van der Waals surface area contributed by atoms with Gasteiger partial charge in [0, 0.05) is 11.5 Å². The first-order valence-electron chi connectivity index (χ1n) is 6.50. The number of fused-ring (bicyclic) bond motifs is 1. The van der Waals surface area contributed by atoms with Crippen molar-refractivity contribution in [2.75, 3.05) is 6.54 Å². The summed E-state index contributed by atoms with van der Waals surface area (Å²) < 4.78 is 0. The Morgan fingerprint density at radius 2 is 1.95 bits per heavy atom. The van der Waals surface area contributed by atoms with E-state index in [9.17, 15) is 10.2 Å². The fourth-order valence-corrected chi connectivity index (χ4v) is 2.38. The predicted molar refractivity (Wildman–Crippen MR) is 78.3 cm³/mol. The molecule has 104 valence electrons. The lowest BCUT2D eigenvalue weighted by molar-refractivity contribution is 0.0155. The van der Waals surface area contributed by atoms with Gasteiger partial charge in [0.1, 0.15) is 6.10 Å². The predicted octanol–water partition coefficient (Wildman–Crippen LogP) is 3.24. The number of azide groups is 1. The van der Waals surface area contributed by atoms with Crippen molar-refractivity contribution in [1.82, 2.24) is 0 Å². The van der Waals surface area contributed by atoms with E-state index in [0.717, 1.165) is 21.9 Å². The second-order valence-corrected chi connectivity index (χ2v) is 4.77. The molecule has 0 bridgehead atoms. The maximum atomic E-state index is 10.4. The quantitative estimate of drug-likeness (QED) is 0.496. The molecule has 2 aromatic rings. The topological polar surface area (TPSA) is 89.2 Å². The number of aryl methyl sites for hydroxylation is 1. The van der Waals surface area contributed by atoms with Gasteiger partial charge in [0.2, 0.25) is 0 Å². The minimum Gasteiger partial charge on any atom is -0.390 e. The highest BCUT2D eigenvalue weighted by Gasteiger charge is 2.21. The normalized spacial score (nSPS) is 13.8. The first-order chi connectivity index (χ1) is 9.65. The summed E-state index contributed by atoms with van der Waals surface area (Å²) in [7, 11) is 0. The fourth-order valence-electron chi connectivity index (χ4n) is 2.38. The molecule has 20 heavy (non-hydrogen) atoms. The van der Waals surface area contributed by atoms with Gasteiger partial charge in [-0.15, -0.1) is 0 Å². The molecule has 0 fully saturated rings. The molecule has 5 heteroatoms. The van der Waals surface area contributed by atoms with E-state index in [0.29, 0.717) is 0 Å².